The first-order chi connectivity index (χ1) is 12.6. The van der Waals surface area contributed by atoms with Crippen LogP contribution in [0.5, 0.6) is 0 Å². The molecule has 0 saturated heterocycles. The molecule has 0 amide bonds. The van der Waals surface area contributed by atoms with Gasteiger partial charge in [0.2, 0.25) is 17.8 Å². The van der Waals surface area contributed by atoms with E-state index in [2.05, 4.69) is 25.2 Å². The van der Waals surface area contributed by atoms with E-state index < -0.39 is 0 Å². The number of likely N-dealkylation sites (N-methyl/N-ethyl adjacent to an activating group) is 1. The van der Waals surface area contributed by atoms with Crippen molar-refractivity contribution in [3.8, 4) is 0 Å². The maximum atomic E-state index is 5.95. The molecule has 134 valence electrons. The highest BCUT2D eigenvalue weighted by Gasteiger charge is 2.16. The van der Waals surface area contributed by atoms with Crippen molar-refractivity contribution in [1.29, 1.82) is 0 Å². The summed E-state index contributed by atoms with van der Waals surface area (Å²) in [6.45, 7) is 1.58. The van der Waals surface area contributed by atoms with Crippen molar-refractivity contribution < 1.29 is 0 Å². The highest BCUT2D eigenvalue weighted by Crippen LogP contribution is 2.32. The monoisotopic (exact) mass is 349 g/mol. The second-order valence-corrected chi connectivity index (χ2v) is 6.05. The molecule has 7 nitrogen and oxygen atoms in total. The highest BCUT2D eigenvalue weighted by atomic mass is 15.3. The molecular formula is C19H23N7. The van der Waals surface area contributed by atoms with E-state index in [1.807, 2.05) is 79.7 Å². The number of nitrogens with one attached hydrogen (secondary N) is 1. The van der Waals surface area contributed by atoms with E-state index in [0.29, 0.717) is 18.4 Å². The van der Waals surface area contributed by atoms with Crippen molar-refractivity contribution in [1.82, 2.24) is 19.9 Å². The van der Waals surface area contributed by atoms with Gasteiger partial charge in [-0.1, -0.05) is 36.4 Å². The molecule has 0 aliphatic rings. The molecule has 7 heteroatoms. The SMILES string of the molecule is CN(C)CCNc1nc(N)nc(N(c2ccccc2)c2ccccc2)n1. The number of hydrogen-bond acceptors (Lipinski definition) is 7. The Morgan fingerprint density at radius 3 is 1.96 bits per heavy atom. The minimum Gasteiger partial charge on any atom is -0.368 e. The number of anilines is 5. The third-order valence-corrected chi connectivity index (χ3v) is 3.71. The third kappa shape index (κ3) is 4.46. The molecule has 0 atom stereocenters. The Hall–Kier alpha value is -3.19. The van der Waals surface area contributed by atoms with Crippen molar-refractivity contribution in [2.24, 2.45) is 0 Å². The fourth-order valence-corrected chi connectivity index (χ4v) is 2.49. The molecule has 2 aromatic carbocycles. The van der Waals surface area contributed by atoms with Crippen LogP contribution >= 0.6 is 0 Å². The van der Waals surface area contributed by atoms with Crippen molar-refractivity contribution in [2.45, 2.75) is 0 Å². The second kappa shape index (κ2) is 8.26. The Labute approximate surface area is 153 Å². The van der Waals surface area contributed by atoms with Crippen LogP contribution in [0.1, 0.15) is 0 Å². The van der Waals surface area contributed by atoms with E-state index in [0.717, 1.165) is 17.9 Å². The minimum atomic E-state index is 0.180. The van der Waals surface area contributed by atoms with Gasteiger partial charge in [-0.3, -0.25) is 4.90 Å². The average molecular weight is 349 g/mol. The summed E-state index contributed by atoms with van der Waals surface area (Å²) in [6, 6.07) is 19.9. The van der Waals surface area contributed by atoms with Crippen LogP contribution in [0.4, 0.5) is 29.2 Å². The summed E-state index contributed by atoms with van der Waals surface area (Å²) in [4.78, 5) is 17.2. The third-order valence-electron chi connectivity index (χ3n) is 3.71. The van der Waals surface area contributed by atoms with Gasteiger partial charge in [-0.05, 0) is 38.4 Å². The van der Waals surface area contributed by atoms with E-state index in [4.69, 9.17) is 5.73 Å². The number of aromatic nitrogens is 3. The van der Waals surface area contributed by atoms with Gasteiger partial charge < -0.3 is 16.0 Å². The number of rotatable bonds is 7. The molecule has 3 N–H and O–H groups in total. The minimum absolute atomic E-state index is 0.180. The zero-order chi connectivity index (χ0) is 18.4. The number of hydrogen-bond donors (Lipinski definition) is 2. The molecule has 26 heavy (non-hydrogen) atoms. The molecule has 3 rings (SSSR count). The molecule has 0 bridgehead atoms. The van der Waals surface area contributed by atoms with Gasteiger partial charge in [-0.25, -0.2) is 0 Å². The van der Waals surface area contributed by atoms with Crippen LogP contribution in [0.25, 0.3) is 0 Å². The van der Waals surface area contributed by atoms with Gasteiger partial charge in [0.15, 0.2) is 0 Å². The Morgan fingerprint density at radius 1 is 0.846 bits per heavy atom. The number of nitrogens with two attached hydrogens (primary N) is 1. The normalized spacial score (nSPS) is 10.7. The number of nitrogens with zero attached hydrogens (tertiary/aromatic N) is 5. The number of benzene rings is 2. The summed E-state index contributed by atoms with van der Waals surface area (Å²) < 4.78 is 0. The van der Waals surface area contributed by atoms with Crippen LogP contribution in [-0.4, -0.2) is 47.0 Å². The lowest BCUT2D eigenvalue weighted by atomic mass is 10.2. The molecule has 1 aromatic heterocycles. The Morgan fingerprint density at radius 2 is 1.42 bits per heavy atom. The molecule has 1 heterocycles. The summed E-state index contributed by atoms with van der Waals surface area (Å²) in [5, 5.41) is 3.20. The van der Waals surface area contributed by atoms with Gasteiger partial charge in [-0.2, -0.15) is 15.0 Å². The predicted molar refractivity (Wildman–Crippen MR) is 106 cm³/mol. The van der Waals surface area contributed by atoms with Crippen molar-refractivity contribution in [3.05, 3.63) is 60.7 Å². The largest absolute Gasteiger partial charge is 0.368 e. The lowest BCUT2D eigenvalue weighted by molar-refractivity contribution is 0.425. The summed E-state index contributed by atoms with van der Waals surface area (Å²) in [6.07, 6.45) is 0. The van der Waals surface area contributed by atoms with Crippen LogP contribution in [0.3, 0.4) is 0 Å². The van der Waals surface area contributed by atoms with Gasteiger partial charge in [0.25, 0.3) is 0 Å². The Kier molecular flexibility index (Phi) is 5.60. The van der Waals surface area contributed by atoms with Crippen LogP contribution in [0, 0.1) is 0 Å². The van der Waals surface area contributed by atoms with Crippen LogP contribution < -0.4 is 16.0 Å². The zero-order valence-electron chi connectivity index (χ0n) is 15.0. The lowest BCUT2D eigenvalue weighted by Gasteiger charge is -2.23. The molecule has 0 aliphatic heterocycles. The lowest BCUT2D eigenvalue weighted by Crippen LogP contribution is -2.22. The van der Waals surface area contributed by atoms with Crippen molar-refractivity contribution >= 4 is 29.2 Å². The van der Waals surface area contributed by atoms with Crippen molar-refractivity contribution in [3.63, 3.8) is 0 Å². The first-order valence-corrected chi connectivity index (χ1v) is 8.44. The van der Waals surface area contributed by atoms with E-state index >= 15 is 0 Å². The fraction of sp³-hybridized carbons (Fsp3) is 0.211. The van der Waals surface area contributed by atoms with Gasteiger partial charge in [0.1, 0.15) is 0 Å². The molecule has 0 spiro atoms. The van der Waals surface area contributed by atoms with Crippen LogP contribution in [0.15, 0.2) is 60.7 Å². The standard InChI is InChI=1S/C19H23N7/c1-25(2)14-13-21-18-22-17(20)23-19(24-18)26(15-9-5-3-6-10-15)16-11-7-4-8-12-16/h3-12H,13-14H2,1-2H3,(H3,20,21,22,23,24). The van der Waals surface area contributed by atoms with Gasteiger partial charge >= 0.3 is 0 Å². The van der Waals surface area contributed by atoms with E-state index in [1.165, 1.54) is 0 Å². The zero-order valence-corrected chi connectivity index (χ0v) is 15.0. The van der Waals surface area contributed by atoms with Gasteiger partial charge in [0, 0.05) is 24.5 Å². The fourth-order valence-electron chi connectivity index (χ4n) is 2.49. The smallest absolute Gasteiger partial charge is 0.241 e. The maximum Gasteiger partial charge on any atom is 0.241 e. The molecule has 0 aliphatic carbocycles. The van der Waals surface area contributed by atoms with E-state index in [9.17, 15) is 0 Å². The molecule has 0 saturated carbocycles. The maximum absolute atomic E-state index is 5.95. The first kappa shape index (κ1) is 17.6. The number of nitrogen functional groups attached to an aromatic ring is 1. The Balaban J connectivity index is 1.97. The number of para-hydroxylation sites is 2. The Bertz CT molecular complexity index is 782. The first-order valence-electron chi connectivity index (χ1n) is 8.44. The summed E-state index contributed by atoms with van der Waals surface area (Å²) in [5.41, 5.74) is 7.84. The predicted octanol–water partition coefficient (Wildman–Crippen LogP) is 2.90. The summed E-state index contributed by atoms with van der Waals surface area (Å²) >= 11 is 0. The molecular weight excluding hydrogens is 326 g/mol. The molecule has 0 unspecified atom stereocenters. The molecule has 3 aromatic rings. The molecule has 0 radical (unpaired) electrons. The highest BCUT2D eigenvalue weighted by molar-refractivity contribution is 5.73. The average Bonchev–Trinajstić information content (AvgIpc) is 2.63. The topological polar surface area (TPSA) is 83.2 Å². The summed E-state index contributed by atoms with van der Waals surface area (Å²) in [7, 11) is 4.03. The van der Waals surface area contributed by atoms with Crippen molar-refractivity contribution in [2.75, 3.05) is 43.1 Å². The van der Waals surface area contributed by atoms with Crippen LogP contribution in [-0.2, 0) is 0 Å². The quantitative estimate of drug-likeness (QED) is 0.678. The van der Waals surface area contributed by atoms with Gasteiger partial charge in [0.05, 0.1) is 0 Å². The summed E-state index contributed by atoms with van der Waals surface area (Å²) in [5.74, 6) is 1.12. The van der Waals surface area contributed by atoms with E-state index in [1.54, 1.807) is 0 Å². The molecule has 0 fully saturated rings. The second-order valence-electron chi connectivity index (χ2n) is 6.05. The van der Waals surface area contributed by atoms with Crippen LogP contribution in [0.2, 0.25) is 0 Å². The van der Waals surface area contributed by atoms with E-state index in [-0.39, 0.29) is 5.95 Å². The van der Waals surface area contributed by atoms with Gasteiger partial charge in [-0.15, -0.1) is 0 Å².